The number of rotatable bonds is 4. The van der Waals surface area contributed by atoms with Gasteiger partial charge in [-0.05, 0) is 65.5 Å². The molecule has 2 nitrogen and oxygen atoms in total. The van der Waals surface area contributed by atoms with Crippen molar-refractivity contribution in [1.82, 2.24) is 5.32 Å². The molecule has 1 aromatic rings. The van der Waals surface area contributed by atoms with E-state index in [0.29, 0.717) is 17.7 Å². The number of nitrogens with one attached hydrogen (secondary N) is 1. The first-order chi connectivity index (χ1) is 8.70. The normalized spacial score (nSPS) is 23.0. The molecule has 0 bridgehead atoms. The fourth-order valence-corrected chi connectivity index (χ4v) is 3.49. The van der Waals surface area contributed by atoms with Crippen LogP contribution in [0.3, 0.4) is 0 Å². The predicted octanol–water partition coefficient (Wildman–Crippen LogP) is 3.68. The Hall–Kier alpha value is -0.290. The first-order valence-electron chi connectivity index (χ1n) is 6.30. The van der Waals surface area contributed by atoms with E-state index in [4.69, 9.17) is 11.6 Å². The SMILES string of the molecule is O=C(NCC1CCCC1CCl)c1cccc(I)c1. The lowest BCUT2D eigenvalue weighted by atomic mass is 9.98. The van der Waals surface area contributed by atoms with Gasteiger partial charge < -0.3 is 5.32 Å². The maximum Gasteiger partial charge on any atom is 0.251 e. The summed E-state index contributed by atoms with van der Waals surface area (Å²) in [6.45, 7) is 0.752. The first kappa shape index (κ1) is 14.1. The van der Waals surface area contributed by atoms with E-state index in [-0.39, 0.29) is 5.91 Å². The third-order valence-corrected chi connectivity index (χ3v) is 4.69. The van der Waals surface area contributed by atoms with E-state index in [0.717, 1.165) is 15.7 Å². The topological polar surface area (TPSA) is 29.1 Å². The van der Waals surface area contributed by atoms with E-state index < -0.39 is 0 Å². The van der Waals surface area contributed by atoms with Crippen LogP contribution < -0.4 is 5.32 Å². The van der Waals surface area contributed by atoms with E-state index in [2.05, 4.69) is 27.9 Å². The van der Waals surface area contributed by atoms with Crippen molar-refractivity contribution < 1.29 is 4.79 Å². The zero-order valence-electron chi connectivity index (χ0n) is 10.2. The smallest absolute Gasteiger partial charge is 0.251 e. The van der Waals surface area contributed by atoms with Crippen LogP contribution in [0.15, 0.2) is 24.3 Å². The molecule has 0 aliphatic heterocycles. The van der Waals surface area contributed by atoms with Gasteiger partial charge in [0.1, 0.15) is 0 Å². The van der Waals surface area contributed by atoms with Gasteiger partial charge in [-0.15, -0.1) is 11.6 Å². The highest BCUT2D eigenvalue weighted by Crippen LogP contribution is 2.31. The molecular formula is C14H17ClINO. The fraction of sp³-hybridized carbons (Fsp3) is 0.500. The van der Waals surface area contributed by atoms with Gasteiger partial charge >= 0.3 is 0 Å². The number of hydrogen-bond acceptors (Lipinski definition) is 1. The Morgan fingerprint density at radius 3 is 2.89 bits per heavy atom. The monoisotopic (exact) mass is 377 g/mol. The van der Waals surface area contributed by atoms with Crippen LogP contribution in [-0.2, 0) is 0 Å². The molecule has 1 aliphatic carbocycles. The van der Waals surface area contributed by atoms with Crippen LogP contribution >= 0.6 is 34.2 Å². The van der Waals surface area contributed by atoms with Crippen LogP contribution in [0.5, 0.6) is 0 Å². The number of benzene rings is 1. The minimum atomic E-state index is 0.0220. The Morgan fingerprint density at radius 2 is 2.17 bits per heavy atom. The highest BCUT2D eigenvalue weighted by atomic mass is 127. The molecule has 0 spiro atoms. The summed E-state index contributed by atoms with van der Waals surface area (Å²) in [5, 5.41) is 3.03. The van der Waals surface area contributed by atoms with Gasteiger partial charge in [0.15, 0.2) is 0 Å². The summed E-state index contributed by atoms with van der Waals surface area (Å²) in [5.74, 6) is 1.86. The van der Waals surface area contributed by atoms with E-state index >= 15 is 0 Å². The summed E-state index contributed by atoms with van der Waals surface area (Å²) < 4.78 is 1.08. The second-order valence-corrected chi connectivity index (χ2v) is 6.38. The van der Waals surface area contributed by atoms with Gasteiger partial charge in [0.2, 0.25) is 0 Å². The molecule has 0 aromatic heterocycles. The molecule has 2 atom stereocenters. The van der Waals surface area contributed by atoms with Gasteiger partial charge in [-0.2, -0.15) is 0 Å². The molecule has 1 amide bonds. The van der Waals surface area contributed by atoms with Crippen LogP contribution in [0, 0.1) is 15.4 Å². The lowest BCUT2D eigenvalue weighted by Crippen LogP contribution is -2.31. The Kier molecular flexibility index (Phi) is 5.30. The summed E-state index contributed by atoms with van der Waals surface area (Å²) in [6, 6.07) is 7.65. The maximum absolute atomic E-state index is 12.0. The third kappa shape index (κ3) is 3.60. The molecule has 0 heterocycles. The van der Waals surface area contributed by atoms with Crippen LogP contribution in [-0.4, -0.2) is 18.3 Å². The largest absolute Gasteiger partial charge is 0.352 e. The lowest BCUT2D eigenvalue weighted by molar-refractivity contribution is 0.0944. The average Bonchev–Trinajstić information content (AvgIpc) is 2.83. The number of halogens is 2. The number of alkyl halides is 1. The number of carbonyl (C=O) groups excluding carboxylic acids is 1. The highest BCUT2D eigenvalue weighted by molar-refractivity contribution is 14.1. The third-order valence-electron chi connectivity index (χ3n) is 3.63. The molecular weight excluding hydrogens is 361 g/mol. The number of hydrogen-bond donors (Lipinski definition) is 1. The quantitative estimate of drug-likeness (QED) is 0.629. The van der Waals surface area contributed by atoms with Crippen LogP contribution in [0.4, 0.5) is 0 Å². The summed E-state index contributed by atoms with van der Waals surface area (Å²) in [6.07, 6.45) is 3.62. The standard InChI is InChI=1S/C14H17ClINO/c15-8-11-4-1-5-12(11)9-17-14(18)10-3-2-6-13(16)7-10/h2-3,6-7,11-12H,1,4-5,8-9H2,(H,17,18). The summed E-state index contributed by atoms with van der Waals surface area (Å²) in [7, 11) is 0. The van der Waals surface area contributed by atoms with Crippen molar-refractivity contribution in [2.75, 3.05) is 12.4 Å². The molecule has 98 valence electrons. The molecule has 1 N–H and O–H groups in total. The molecule has 2 unspecified atom stereocenters. The first-order valence-corrected chi connectivity index (χ1v) is 7.91. The predicted molar refractivity (Wildman–Crippen MR) is 83.0 cm³/mol. The van der Waals surface area contributed by atoms with Crippen molar-refractivity contribution in [2.24, 2.45) is 11.8 Å². The molecule has 1 aromatic carbocycles. The summed E-state index contributed by atoms with van der Waals surface area (Å²) in [4.78, 5) is 12.0. The van der Waals surface area contributed by atoms with Crippen molar-refractivity contribution in [3.63, 3.8) is 0 Å². The number of carbonyl (C=O) groups is 1. The Morgan fingerprint density at radius 1 is 1.39 bits per heavy atom. The van der Waals surface area contributed by atoms with Gasteiger partial charge in [0.05, 0.1) is 0 Å². The molecule has 0 radical (unpaired) electrons. The van der Waals surface area contributed by atoms with Crippen molar-refractivity contribution in [3.8, 4) is 0 Å². The van der Waals surface area contributed by atoms with Crippen molar-refractivity contribution >= 4 is 40.1 Å². The van der Waals surface area contributed by atoms with Gasteiger partial charge in [-0.25, -0.2) is 0 Å². The van der Waals surface area contributed by atoms with Crippen molar-refractivity contribution in [2.45, 2.75) is 19.3 Å². The molecule has 1 fully saturated rings. The molecule has 18 heavy (non-hydrogen) atoms. The maximum atomic E-state index is 12.0. The Labute approximate surface area is 127 Å². The van der Waals surface area contributed by atoms with Gasteiger partial charge in [0.25, 0.3) is 5.91 Å². The zero-order valence-corrected chi connectivity index (χ0v) is 13.1. The summed E-state index contributed by atoms with van der Waals surface area (Å²) in [5.41, 5.74) is 0.738. The average molecular weight is 378 g/mol. The van der Waals surface area contributed by atoms with Crippen LogP contribution in [0.2, 0.25) is 0 Å². The van der Waals surface area contributed by atoms with E-state index in [1.165, 1.54) is 19.3 Å². The minimum Gasteiger partial charge on any atom is -0.352 e. The second-order valence-electron chi connectivity index (χ2n) is 4.83. The molecule has 4 heteroatoms. The van der Waals surface area contributed by atoms with E-state index in [9.17, 15) is 4.79 Å². The number of amides is 1. The van der Waals surface area contributed by atoms with Crippen molar-refractivity contribution in [1.29, 1.82) is 0 Å². The fourth-order valence-electron chi connectivity index (χ4n) is 2.54. The lowest BCUT2D eigenvalue weighted by Gasteiger charge is -2.17. The Balaban J connectivity index is 1.88. The van der Waals surface area contributed by atoms with Gasteiger partial charge in [-0.3, -0.25) is 4.79 Å². The summed E-state index contributed by atoms with van der Waals surface area (Å²) >= 11 is 8.16. The molecule has 0 saturated heterocycles. The highest BCUT2D eigenvalue weighted by Gasteiger charge is 2.26. The molecule has 1 aliphatic rings. The molecule has 2 rings (SSSR count). The van der Waals surface area contributed by atoms with Crippen LogP contribution in [0.25, 0.3) is 0 Å². The minimum absolute atomic E-state index is 0.0220. The van der Waals surface area contributed by atoms with Gasteiger partial charge in [0, 0.05) is 21.6 Å². The van der Waals surface area contributed by atoms with Crippen molar-refractivity contribution in [3.05, 3.63) is 33.4 Å². The van der Waals surface area contributed by atoms with E-state index in [1.807, 2.05) is 24.3 Å². The van der Waals surface area contributed by atoms with Gasteiger partial charge in [-0.1, -0.05) is 12.5 Å². The zero-order chi connectivity index (χ0) is 13.0. The molecule has 1 saturated carbocycles. The van der Waals surface area contributed by atoms with Crippen LogP contribution in [0.1, 0.15) is 29.6 Å². The second kappa shape index (κ2) is 6.75. The Bertz CT molecular complexity index is 424. The van der Waals surface area contributed by atoms with E-state index in [1.54, 1.807) is 0 Å².